The maximum atomic E-state index is 11.2. The van der Waals surface area contributed by atoms with E-state index < -0.39 is 10.0 Å². The number of primary sulfonamides is 1. The van der Waals surface area contributed by atoms with Gasteiger partial charge in [-0.2, -0.15) is 0 Å². The van der Waals surface area contributed by atoms with Crippen molar-refractivity contribution in [3.8, 4) is 5.75 Å². The molecule has 0 saturated carbocycles. The molecule has 0 fully saturated rings. The largest absolute Gasteiger partial charge is 0.492 e. The first kappa shape index (κ1) is 17.0. The molecule has 1 aromatic carbocycles. The van der Waals surface area contributed by atoms with Crippen LogP contribution in [-0.2, 0) is 16.6 Å². The van der Waals surface area contributed by atoms with E-state index in [1.165, 1.54) is 17.0 Å². The van der Waals surface area contributed by atoms with Gasteiger partial charge in [-0.3, -0.25) is 4.90 Å². The number of sulfonamides is 1. The van der Waals surface area contributed by atoms with E-state index in [0.717, 1.165) is 19.6 Å². The van der Waals surface area contributed by atoms with Gasteiger partial charge in [0.1, 0.15) is 12.4 Å². The Morgan fingerprint density at radius 3 is 2.50 bits per heavy atom. The van der Waals surface area contributed by atoms with Crippen LogP contribution in [0.4, 0.5) is 0 Å². The van der Waals surface area contributed by atoms with Crippen LogP contribution in [0.2, 0.25) is 0 Å². The van der Waals surface area contributed by atoms with Crippen LogP contribution in [0.3, 0.4) is 0 Å². The Bertz CT molecular complexity index is 667. The molecular weight excluding hydrogens is 320 g/mol. The summed E-state index contributed by atoms with van der Waals surface area (Å²) in [7, 11) is -3.65. The van der Waals surface area contributed by atoms with Gasteiger partial charge in [-0.05, 0) is 42.3 Å². The van der Waals surface area contributed by atoms with Gasteiger partial charge in [0.2, 0.25) is 10.0 Å². The summed E-state index contributed by atoms with van der Waals surface area (Å²) in [6.07, 6.45) is 0. The van der Waals surface area contributed by atoms with Gasteiger partial charge in [0.15, 0.2) is 0 Å². The van der Waals surface area contributed by atoms with E-state index in [2.05, 4.69) is 29.3 Å². The predicted octanol–water partition coefficient (Wildman–Crippen LogP) is 2.30. The normalized spacial score (nSPS) is 11.8. The second kappa shape index (κ2) is 7.73. The Morgan fingerprint density at radius 1 is 1.23 bits per heavy atom. The maximum absolute atomic E-state index is 11.2. The molecule has 0 amide bonds. The number of likely N-dealkylation sites (N-methyl/N-ethyl adjacent to an activating group) is 1. The summed E-state index contributed by atoms with van der Waals surface area (Å²) in [5.74, 6) is 0.638. The molecule has 5 nitrogen and oxygen atoms in total. The fraction of sp³-hybridized carbons (Fsp3) is 0.333. The van der Waals surface area contributed by atoms with Crippen molar-refractivity contribution < 1.29 is 13.2 Å². The Kier molecular flexibility index (Phi) is 5.96. The summed E-state index contributed by atoms with van der Waals surface area (Å²) in [5.41, 5.74) is 0. The van der Waals surface area contributed by atoms with E-state index in [1.54, 1.807) is 23.5 Å². The van der Waals surface area contributed by atoms with Crippen LogP contribution in [-0.4, -0.2) is 33.0 Å². The zero-order valence-corrected chi connectivity index (χ0v) is 14.1. The van der Waals surface area contributed by atoms with E-state index in [-0.39, 0.29) is 4.90 Å². The highest BCUT2D eigenvalue weighted by Crippen LogP contribution is 2.15. The van der Waals surface area contributed by atoms with Crippen molar-refractivity contribution in [2.45, 2.75) is 18.4 Å². The summed E-state index contributed by atoms with van der Waals surface area (Å²) in [6.45, 7) is 5.35. The number of benzene rings is 1. The summed E-state index contributed by atoms with van der Waals surface area (Å²) < 4.78 is 28.0. The fourth-order valence-corrected chi connectivity index (χ4v) is 3.25. The number of nitrogens with zero attached hydrogens (tertiary/aromatic N) is 1. The lowest BCUT2D eigenvalue weighted by Gasteiger charge is -2.19. The Balaban J connectivity index is 1.82. The predicted molar refractivity (Wildman–Crippen MR) is 88.6 cm³/mol. The monoisotopic (exact) mass is 340 g/mol. The molecule has 2 rings (SSSR count). The summed E-state index contributed by atoms with van der Waals surface area (Å²) in [4.78, 5) is 3.72. The van der Waals surface area contributed by atoms with Crippen LogP contribution in [0.25, 0.3) is 0 Å². The number of hydrogen-bond acceptors (Lipinski definition) is 5. The highest BCUT2D eigenvalue weighted by molar-refractivity contribution is 7.89. The Labute approximate surface area is 135 Å². The van der Waals surface area contributed by atoms with Crippen molar-refractivity contribution in [3.05, 3.63) is 46.7 Å². The number of nitrogens with two attached hydrogens (primary N) is 1. The third-order valence-electron chi connectivity index (χ3n) is 3.24. The molecule has 0 aliphatic heterocycles. The van der Waals surface area contributed by atoms with Crippen LogP contribution in [0.1, 0.15) is 11.8 Å². The third-order valence-corrected chi connectivity index (χ3v) is 5.03. The standard InChI is InChI=1S/C15H20N2O3S2/c1-2-17(12-14-4-3-11-21-14)9-10-20-13-5-7-15(8-6-13)22(16,18)19/h3-8,11H,2,9-10,12H2,1H3,(H2,16,18,19). The minimum absolute atomic E-state index is 0.0905. The molecule has 1 heterocycles. The summed E-state index contributed by atoms with van der Waals surface area (Å²) in [5, 5.41) is 7.13. The quantitative estimate of drug-likeness (QED) is 0.800. The first-order valence-corrected chi connectivity index (χ1v) is 9.42. The first-order valence-electron chi connectivity index (χ1n) is 6.99. The van der Waals surface area contributed by atoms with Gasteiger partial charge >= 0.3 is 0 Å². The van der Waals surface area contributed by atoms with Gasteiger partial charge in [0.25, 0.3) is 0 Å². The lowest BCUT2D eigenvalue weighted by molar-refractivity contribution is 0.211. The lowest BCUT2D eigenvalue weighted by Crippen LogP contribution is -2.27. The van der Waals surface area contributed by atoms with Gasteiger partial charge in [-0.1, -0.05) is 13.0 Å². The Hall–Kier alpha value is -1.41. The highest BCUT2D eigenvalue weighted by atomic mass is 32.2. The molecule has 0 aliphatic carbocycles. The van der Waals surface area contributed by atoms with Gasteiger partial charge in [-0.25, -0.2) is 13.6 Å². The lowest BCUT2D eigenvalue weighted by atomic mass is 10.3. The zero-order valence-electron chi connectivity index (χ0n) is 12.4. The minimum atomic E-state index is -3.65. The molecule has 0 radical (unpaired) electrons. The molecule has 0 unspecified atom stereocenters. The average molecular weight is 340 g/mol. The van der Waals surface area contributed by atoms with Crippen molar-refractivity contribution in [1.29, 1.82) is 0 Å². The fourth-order valence-electron chi connectivity index (χ4n) is 1.99. The van der Waals surface area contributed by atoms with Crippen molar-refractivity contribution in [1.82, 2.24) is 4.90 Å². The summed E-state index contributed by atoms with van der Waals surface area (Å²) in [6, 6.07) is 10.3. The van der Waals surface area contributed by atoms with Crippen molar-refractivity contribution >= 4 is 21.4 Å². The van der Waals surface area contributed by atoms with Crippen LogP contribution in [0.5, 0.6) is 5.75 Å². The minimum Gasteiger partial charge on any atom is -0.492 e. The van der Waals surface area contributed by atoms with Crippen LogP contribution < -0.4 is 9.88 Å². The average Bonchev–Trinajstić information content (AvgIpc) is 2.99. The van der Waals surface area contributed by atoms with Crippen molar-refractivity contribution in [2.24, 2.45) is 5.14 Å². The van der Waals surface area contributed by atoms with Gasteiger partial charge in [-0.15, -0.1) is 11.3 Å². The molecule has 2 N–H and O–H groups in total. The van der Waals surface area contributed by atoms with Crippen LogP contribution in [0, 0.1) is 0 Å². The SMILES string of the molecule is CCN(CCOc1ccc(S(N)(=O)=O)cc1)Cc1cccs1. The molecule has 0 bridgehead atoms. The second-order valence-electron chi connectivity index (χ2n) is 4.81. The molecular formula is C15H20N2O3S2. The highest BCUT2D eigenvalue weighted by Gasteiger charge is 2.08. The third kappa shape index (κ3) is 5.10. The van der Waals surface area contributed by atoms with Crippen molar-refractivity contribution in [3.63, 3.8) is 0 Å². The number of rotatable bonds is 8. The molecule has 1 aromatic heterocycles. The van der Waals surface area contributed by atoms with E-state index in [1.807, 2.05) is 0 Å². The number of hydrogen-bond donors (Lipinski definition) is 1. The molecule has 0 aliphatic rings. The van der Waals surface area contributed by atoms with Gasteiger partial charge in [0, 0.05) is 18.0 Å². The first-order chi connectivity index (χ1) is 10.5. The number of thiophene rings is 1. The zero-order chi connectivity index (χ0) is 16.0. The van der Waals surface area contributed by atoms with E-state index >= 15 is 0 Å². The van der Waals surface area contributed by atoms with Crippen molar-refractivity contribution in [2.75, 3.05) is 19.7 Å². The molecule has 0 saturated heterocycles. The Morgan fingerprint density at radius 2 is 1.95 bits per heavy atom. The van der Waals surface area contributed by atoms with E-state index in [9.17, 15) is 8.42 Å². The molecule has 22 heavy (non-hydrogen) atoms. The van der Waals surface area contributed by atoms with Crippen LogP contribution in [0.15, 0.2) is 46.7 Å². The van der Waals surface area contributed by atoms with Gasteiger partial charge in [0.05, 0.1) is 4.90 Å². The number of ether oxygens (including phenoxy) is 1. The molecule has 0 spiro atoms. The topological polar surface area (TPSA) is 72.6 Å². The molecule has 120 valence electrons. The smallest absolute Gasteiger partial charge is 0.238 e. The second-order valence-corrected chi connectivity index (χ2v) is 7.41. The molecule has 2 aromatic rings. The van der Waals surface area contributed by atoms with Gasteiger partial charge < -0.3 is 4.74 Å². The molecule has 0 atom stereocenters. The summed E-state index contributed by atoms with van der Waals surface area (Å²) >= 11 is 1.75. The van der Waals surface area contributed by atoms with Crippen LogP contribution >= 0.6 is 11.3 Å². The van der Waals surface area contributed by atoms with E-state index in [0.29, 0.717) is 12.4 Å². The maximum Gasteiger partial charge on any atom is 0.238 e. The molecule has 7 heteroatoms. The van der Waals surface area contributed by atoms with E-state index in [4.69, 9.17) is 9.88 Å².